The van der Waals surface area contributed by atoms with Crippen LogP contribution in [0.15, 0.2) is 77.3 Å². The standard InChI is InChI=1S/C25H23BrN4O2/c1-16-7-5-8-18(13-16)25(32)27-17(2)24-29-21-11-3-4-12-22(21)30(24)15-23(31)28-20-10-6-9-19(26)14-20/h3-14,17H,15H2,1-2H3,(H,27,32)(H,28,31). The van der Waals surface area contributed by atoms with E-state index in [0.717, 1.165) is 21.1 Å². The average Bonchev–Trinajstić information content (AvgIpc) is 3.12. The third-order valence-corrected chi connectivity index (χ3v) is 5.60. The molecule has 0 aliphatic rings. The van der Waals surface area contributed by atoms with Crippen molar-refractivity contribution in [2.45, 2.75) is 26.4 Å². The molecule has 0 fully saturated rings. The van der Waals surface area contributed by atoms with Gasteiger partial charge in [-0.1, -0.05) is 51.8 Å². The highest BCUT2D eigenvalue weighted by Gasteiger charge is 2.20. The lowest BCUT2D eigenvalue weighted by atomic mass is 10.1. The number of anilines is 1. The fraction of sp³-hybridized carbons (Fsp3) is 0.160. The van der Waals surface area contributed by atoms with E-state index in [-0.39, 0.29) is 18.4 Å². The molecule has 3 aromatic carbocycles. The first kappa shape index (κ1) is 21.8. The zero-order chi connectivity index (χ0) is 22.7. The summed E-state index contributed by atoms with van der Waals surface area (Å²) in [5.41, 5.74) is 3.92. The van der Waals surface area contributed by atoms with Crippen LogP contribution in [0.5, 0.6) is 0 Å². The number of halogens is 1. The van der Waals surface area contributed by atoms with E-state index in [1.165, 1.54) is 0 Å². The van der Waals surface area contributed by atoms with Gasteiger partial charge in [-0.25, -0.2) is 4.98 Å². The fourth-order valence-electron chi connectivity index (χ4n) is 3.63. The van der Waals surface area contributed by atoms with Crippen molar-refractivity contribution < 1.29 is 9.59 Å². The third-order valence-electron chi connectivity index (χ3n) is 5.11. The lowest BCUT2D eigenvalue weighted by molar-refractivity contribution is -0.116. The van der Waals surface area contributed by atoms with E-state index < -0.39 is 6.04 Å². The Bertz CT molecular complexity index is 1300. The molecular weight excluding hydrogens is 468 g/mol. The number of amides is 2. The van der Waals surface area contributed by atoms with Crippen LogP contribution in [0, 0.1) is 6.92 Å². The maximum atomic E-state index is 12.8. The van der Waals surface area contributed by atoms with E-state index in [2.05, 4.69) is 26.6 Å². The molecule has 1 atom stereocenters. The van der Waals surface area contributed by atoms with Crippen molar-refractivity contribution >= 4 is 44.5 Å². The Balaban J connectivity index is 1.59. The lowest BCUT2D eigenvalue weighted by Gasteiger charge is -2.16. The molecule has 6 nitrogen and oxygen atoms in total. The highest BCUT2D eigenvalue weighted by Crippen LogP contribution is 2.22. The minimum atomic E-state index is -0.394. The van der Waals surface area contributed by atoms with Crippen molar-refractivity contribution in [1.82, 2.24) is 14.9 Å². The summed E-state index contributed by atoms with van der Waals surface area (Å²) in [6.45, 7) is 3.90. The molecule has 7 heteroatoms. The number of aromatic nitrogens is 2. The first-order valence-electron chi connectivity index (χ1n) is 10.3. The van der Waals surface area contributed by atoms with Gasteiger partial charge in [-0.05, 0) is 56.3 Å². The quantitative estimate of drug-likeness (QED) is 0.388. The number of carbonyl (C=O) groups is 2. The van der Waals surface area contributed by atoms with Crippen molar-refractivity contribution in [2.24, 2.45) is 0 Å². The maximum Gasteiger partial charge on any atom is 0.251 e. The van der Waals surface area contributed by atoms with Gasteiger partial charge in [0, 0.05) is 15.7 Å². The maximum absolute atomic E-state index is 12.8. The molecule has 0 saturated heterocycles. The normalized spacial score (nSPS) is 11.8. The second-order valence-electron chi connectivity index (χ2n) is 7.67. The van der Waals surface area contributed by atoms with Crippen LogP contribution in [0.3, 0.4) is 0 Å². The average molecular weight is 491 g/mol. The second-order valence-corrected chi connectivity index (χ2v) is 8.58. The number of hydrogen-bond acceptors (Lipinski definition) is 3. The first-order valence-corrected chi connectivity index (χ1v) is 11.1. The number of benzene rings is 3. The van der Waals surface area contributed by atoms with Gasteiger partial charge in [0.1, 0.15) is 12.4 Å². The Morgan fingerprint density at radius 3 is 2.59 bits per heavy atom. The van der Waals surface area contributed by atoms with Gasteiger partial charge in [0.05, 0.1) is 17.1 Å². The Morgan fingerprint density at radius 1 is 1.03 bits per heavy atom. The van der Waals surface area contributed by atoms with Crippen molar-refractivity contribution in [1.29, 1.82) is 0 Å². The number of aryl methyl sites for hydroxylation is 1. The summed E-state index contributed by atoms with van der Waals surface area (Å²) in [4.78, 5) is 30.3. The summed E-state index contributed by atoms with van der Waals surface area (Å²) >= 11 is 3.42. The molecule has 0 spiro atoms. The summed E-state index contributed by atoms with van der Waals surface area (Å²) in [6, 6.07) is 22.1. The number of carbonyl (C=O) groups excluding carboxylic acids is 2. The van der Waals surface area contributed by atoms with E-state index in [9.17, 15) is 9.59 Å². The topological polar surface area (TPSA) is 76.0 Å². The van der Waals surface area contributed by atoms with Crippen molar-refractivity contribution in [2.75, 3.05) is 5.32 Å². The minimum absolute atomic E-state index is 0.0764. The predicted molar refractivity (Wildman–Crippen MR) is 130 cm³/mol. The Hall–Kier alpha value is -3.45. The van der Waals surface area contributed by atoms with Gasteiger partial charge in [0.2, 0.25) is 5.91 Å². The van der Waals surface area contributed by atoms with E-state index in [0.29, 0.717) is 17.1 Å². The molecule has 0 aliphatic carbocycles. The van der Waals surface area contributed by atoms with Gasteiger partial charge in [0.15, 0.2) is 0 Å². The molecule has 0 radical (unpaired) electrons. The molecular formula is C25H23BrN4O2. The zero-order valence-corrected chi connectivity index (χ0v) is 19.4. The summed E-state index contributed by atoms with van der Waals surface area (Å²) in [7, 11) is 0. The molecule has 2 amide bonds. The van der Waals surface area contributed by atoms with Crippen LogP contribution in [0.25, 0.3) is 11.0 Å². The minimum Gasteiger partial charge on any atom is -0.342 e. The van der Waals surface area contributed by atoms with Crippen LogP contribution in [-0.4, -0.2) is 21.4 Å². The smallest absolute Gasteiger partial charge is 0.251 e. The van der Waals surface area contributed by atoms with E-state index in [4.69, 9.17) is 4.98 Å². The summed E-state index contributed by atoms with van der Waals surface area (Å²) in [6.07, 6.45) is 0. The fourth-order valence-corrected chi connectivity index (χ4v) is 4.03. The number of imidazole rings is 1. The van der Waals surface area contributed by atoms with Crippen molar-refractivity contribution in [3.8, 4) is 0 Å². The van der Waals surface area contributed by atoms with Crippen LogP contribution in [-0.2, 0) is 11.3 Å². The number of nitrogens with zero attached hydrogens (tertiary/aromatic N) is 2. The number of nitrogens with one attached hydrogen (secondary N) is 2. The van der Waals surface area contributed by atoms with Gasteiger partial charge in [-0.15, -0.1) is 0 Å². The molecule has 0 aliphatic heterocycles. The molecule has 0 saturated carbocycles. The molecule has 32 heavy (non-hydrogen) atoms. The van der Waals surface area contributed by atoms with Gasteiger partial charge in [0.25, 0.3) is 5.91 Å². The number of fused-ring (bicyclic) bond motifs is 1. The van der Waals surface area contributed by atoms with Gasteiger partial charge in [-0.3, -0.25) is 9.59 Å². The summed E-state index contributed by atoms with van der Waals surface area (Å²) < 4.78 is 2.74. The van der Waals surface area contributed by atoms with Crippen LogP contribution >= 0.6 is 15.9 Å². The Morgan fingerprint density at radius 2 is 1.81 bits per heavy atom. The zero-order valence-electron chi connectivity index (χ0n) is 17.8. The molecule has 1 aromatic heterocycles. The first-order chi connectivity index (χ1) is 15.4. The van der Waals surface area contributed by atoms with E-state index in [1.807, 2.05) is 85.1 Å². The van der Waals surface area contributed by atoms with Crippen LogP contribution in [0.4, 0.5) is 5.69 Å². The van der Waals surface area contributed by atoms with Gasteiger partial charge in [-0.2, -0.15) is 0 Å². The van der Waals surface area contributed by atoms with Gasteiger partial charge < -0.3 is 15.2 Å². The third kappa shape index (κ3) is 4.89. The SMILES string of the molecule is Cc1cccc(C(=O)NC(C)c2nc3ccccc3n2CC(=O)Nc2cccc(Br)c2)c1. The molecule has 4 aromatic rings. The highest BCUT2D eigenvalue weighted by molar-refractivity contribution is 9.10. The predicted octanol–water partition coefficient (Wildman–Crippen LogP) is 5.24. The largest absolute Gasteiger partial charge is 0.342 e. The van der Waals surface area contributed by atoms with Crippen molar-refractivity contribution in [3.63, 3.8) is 0 Å². The Labute approximate surface area is 194 Å². The monoisotopic (exact) mass is 490 g/mol. The van der Waals surface area contributed by atoms with Crippen LogP contribution < -0.4 is 10.6 Å². The number of hydrogen-bond donors (Lipinski definition) is 2. The lowest BCUT2D eigenvalue weighted by Crippen LogP contribution is -2.30. The van der Waals surface area contributed by atoms with E-state index in [1.54, 1.807) is 6.07 Å². The van der Waals surface area contributed by atoms with Crippen molar-refractivity contribution in [3.05, 3.63) is 94.2 Å². The molecule has 0 bridgehead atoms. The summed E-state index contributed by atoms with van der Waals surface area (Å²) in [5, 5.41) is 5.93. The molecule has 1 heterocycles. The molecule has 162 valence electrons. The molecule has 2 N–H and O–H groups in total. The molecule has 1 unspecified atom stereocenters. The molecule has 4 rings (SSSR count). The summed E-state index contributed by atoms with van der Waals surface area (Å²) in [5.74, 6) is 0.264. The highest BCUT2D eigenvalue weighted by atomic mass is 79.9. The van der Waals surface area contributed by atoms with Crippen LogP contribution in [0.2, 0.25) is 0 Å². The van der Waals surface area contributed by atoms with E-state index >= 15 is 0 Å². The second kappa shape index (κ2) is 9.36. The van der Waals surface area contributed by atoms with Crippen LogP contribution in [0.1, 0.15) is 34.7 Å². The van der Waals surface area contributed by atoms with Gasteiger partial charge >= 0.3 is 0 Å². The number of para-hydroxylation sites is 2. The number of rotatable bonds is 6. The Kier molecular flexibility index (Phi) is 6.37.